The summed E-state index contributed by atoms with van der Waals surface area (Å²) in [6.45, 7) is 2.47. The summed E-state index contributed by atoms with van der Waals surface area (Å²) in [4.78, 5) is 18.0. The van der Waals surface area contributed by atoms with E-state index in [1.165, 1.54) is 24.2 Å². The molecule has 2 heterocycles. The summed E-state index contributed by atoms with van der Waals surface area (Å²) in [6, 6.07) is 5.24. The molecule has 0 amide bonds. The van der Waals surface area contributed by atoms with Gasteiger partial charge in [-0.1, -0.05) is 11.6 Å². The van der Waals surface area contributed by atoms with Crippen LogP contribution in [0.4, 0.5) is 17.1 Å². The van der Waals surface area contributed by atoms with Crippen LogP contribution in [0.25, 0.3) is 0 Å². The molecule has 6 nitrogen and oxygen atoms in total. The standard InChI is InChI=1S/C14H15ClN4O2S/c15-14-17-9-11(22-14)8-16-12-7-10(18-5-1-2-6-18)3-4-13(12)19(20)21/h3-4,7,9,16H,1-2,5-6,8H2. The molecule has 0 unspecified atom stereocenters. The van der Waals surface area contributed by atoms with Crippen LogP contribution in [0.2, 0.25) is 4.47 Å². The predicted octanol–water partition coefficient (Wildman–Crippen LogP) is 3.92. The van der Waals surface area contributed by atoms with Crippen LogP contribution in [0, 0.1) is 10.1 Å². The van der Waals surface area contributed by atoms with Crippen molar-refractivity contribution in [2.45, 2.75) is 19.4 Å². The highest BCUT2D eigenvalue weighted by Crippen LogP contribution is 2.32. The first-order chi connectivity index (χ1) is 10.6. The number of benzene rings is 1. The number of nitro benzene ring substituents is 1. The van der Waals surface area contributed by atoms with E-state index < -0.39 is 0 Å². The fraction of sp³-hybridized carbons (Fsp3) is 0.357. The molecular formula is C14H15ClN4O2S. The van der Waals surface area contributed by atoms with Gasteiger partial charge in [0.2, 0.25) is 0 Å². The molecular weight excluding hydrogens is 324 g/mol. The normalized spacial score (nSPS) is 14.3. The van der Waals surface area contributed by atoms with E-state index >= 15 is 0 Å². The number of aromatic nitrogens is 1. The summed E-state index contributed by atoms with van der Waals surface area (Å²) in [6.07, 6.45) is 4.01. The Balaban J connectivity index is 1.82. The van der Waals surface area contributed by atoms with Gasteiger partial charge in [0.1, 0.15) is 5.69 Å². The zero-order chi connectivity index (χ0) is 15.5. The van der Waals surface area contributed by atoms with Crippen molar-refractivity contribution in [3.63, 3.8) is 0 Å². The Hall–Kier alpha value is -1.86. The molecule has 116 valence electrons. The maximum atomic E-state index is 11.2. The predicted molar refractivity (Wildman–Crippen MR) is 89.0 cm³/mol. The number of hydrogen-bond acceptors (Lipinski definition) is 6. The summed E-state index contributed by atoms with van der Waals surface area (Å²) >= 11 is 7.16. The minimum atomic E-state index is -0.365. The Morgan fingerprint density at radius 2 is 2.18 bits per heavy atom. The van der Waals surface area contributed by atoms with Crippen molar-refractivity contribution in [3.05, 3.63) is 43.9 Å². The summed E-state index contributed by atoms with van der Waals surface area (Å²) in [5.41, 5.74) is 1.63. The second-order valence-electron chi connectivity index (χ2n) is 5.09. The fourth-order valence-corrected chi connectivity index (χ4v) is 3.46. The summed E-state index contributed by atoms with van der Waals surface area (Å²) in [5.74, 6) is 0. The van der Waals surface area contributed by atoms with E-state index in [0.717, 1.165) is 23.7 Å². The van der Waals surface area contributed by atoms with E-state index in [-0.39, 0.29) is 10.6 Å². The van der Waals surface area contributed by atoms with Crippen LogP contribution in [0.5, 0.6) is 0 Å². The first kappa shape index (κ1) is 15.1. The summed E-state index contributed by atoms with van der Waals surface area (Å²) < 4.78 is 0.470. The summed E-state index contributed by atoms with van der Waals surface area (Å²) in [7, 11) is 0. The molecule has 0 aliphatic carbocycles. The van der Waals surface area contributed by atoms with Crippen LogP contribution in [0.15, 0.2) is 24.4 Å². The zero-order valence-electron chi connectivity index (χ0n) is 11.8. The number of hydrogen-bond donors (Lipinski definition) is 1. The van der Waals surface area contributed by atoms with Crippen molar-refractivity contribution in [1.82, 2.24) is 4.98 Å². The Labute approximate surface area is 136 Å². The van der Waals surface area contributed by atoms with Gasteiger partial charge in [-0.15, -0.1) is 11.3 Å². The maximum Gasteiger partial charge on any atom is 0.292 e. The molecule has 1 aromatic heterocycles. The third kappa shape index (κ3) is 3.31. The van der Waals surface area contributed by atoms with Gasteiger partial charge in [0.25, 0.3) is 5.69 Å². The van der Waals surface area contributed by atoms with Crippen LogP contribution in [-0.2, 0) is 6.54 Å². The third-order valence-electron chi connectivity index (χ3n) is 3.63. The van der Waals surface area contributed by atoms with E-state index in [1.807, 2.05) is 12.1 Å². The molecule has 1 aromatic carbocycles. The lowest BCUT2D eigenvalue weighted by Crippen LogP contribution is -2.17. The third-order valence-corrected chi connectivity index (χ3v) is 4.74. The van der Waals surface area contributed by atoms with Crippen molar-refractivity contribution >= 4 is 40.0 Å². The van der Waals surface area contributed by atoms with Crippen molar-refractivity contribution < 1.29 is 4.92 Å². The minimum absolute atomic E-state index is 0.0820. The molecule has 1 N–H and O–H groups in total. The van der Waals surface area contributed by atoms with Gasteiger partial charge in [0.05, 0.1) is 11.5 Å². The van der Waals surface area contributed by atoms with Crippen LogP contribution >= 0.6 is 22.9 Å². The van der Waals surface area contributed by atoms with Gasteiger partial charge >= 0.3 is 0 Å². The highest BCUT2D eigenvalue weighted by Gasteiger charge is 2.18. The molecule has 0 radical (unpaired) electrons. The number of nitro groups is 1. The van der Waals surface area contributed by atoms with Crippen LogP contribution < -0.4 is 10.2 Å². The Morgan fingerprint density at radius 1 is 1.41 bits per heavy atom. The highest BCUT2D eigenvalue weighted by atomic mass is 35.5. The second-order valence-corrected chi connectivity index (χ2v) is 6.78. The molecule has 0 bridgehead atoms. The van der Waals surface area contributed by atoms with E-state index in [2.05, 4.69) is 15.2 Å². The highest BCUT2D eigenvalue weighted by molar-refractivity contribution is 7.15. The second kappa shape index (κ2) is 6.50. The quantitative estimate of drug-likeness (QED) is 0.661. The lowest BCUT2D eigenvalue weighted by molar-refractivity contribution is -0.384. The molecule has 0 spiro atoms. The number of nitrogens with one attached hydrogen (secondary N) is 1. The SMILES string of the molecule is O=[N+]([O-])c1ccc(N2CCCC2)cc1NCc1cnc(Cl)s1. The van der Waals surface area contributed by atoms with E-state index in [4.69, 9.17) is 11.6 Å². The molecule has 0 atom stereocenters. The van der Waals surface area contributed by atoms with Crippen molar-refractivity contribution in [2.24, 2.45) is 0 Å². The average molecular weight is 339 g/mol. The average Bonchev–Trinajstić information content (AvgIpc) is 3.16. The first-order valence-electron chi connectivity index (χ1n) is 7.01. The maximum absolute atomic E-state index is 11.2. The monoisotopic (exact) mass is 338 g/mol. The van der Waals surface area contributed by atoms with E-state index in [0.29, 0.717) is 16.7 Å². The van der Waals surface area contributed by atoms with Crippen LogP contribution in [-0.4, -0.2) is 23.0 Å². The number of rotatable bonds is 5. The van der Waals surface area contributed by atoms with Crippen molar-refractivity contribution in [3.8, 4) is 0 Å². The fourth-order valence-electron chi connectivity index (χ4n) is 2.54. The molecule has 1 saturated heterocycles. The van der Waals surface area contributed by atoms with Crippen LogP contribution in [0.1, 0.15) is 17.7 Å². The van der Waals surface area contributed by atoms with Crippen molar-refractivity contribution in [2.75, 3.05) is 23.3 Å². The molecule has 1 fully saturated rings. The molecule has 1 aliphatic heterocycles. The van der Waals surface area contributed by atoms with Gasteiger partial charge in [0.15, 0.2) is 4.47 Å². The number of halogens is 1. The smallest absolute Gasteiger partial charge is 0.292 e. The van der Waals surface area contributed by atoms with Crippen LogP contribution in [0.3, 0.4) is 0 Å². The molecule has 0 saturated carbocycles. The molecule has 3 rings (SSSR count). The van der Waals surface area contributed by atoms with E-state index in [9.17, 15) is 10.1 Å². The lowest BCUT2D eigenvalue weighted by atomic mass is 10.2. The number of thiazole rings is 1. The first-order valence-corrected chi connectivity index (χ1v) is 8.20. The van der Waals surface area contributed by atoms with Gasteiger partial charge in [-0.3, -0.25) is 10.1 Å². The Morgan fingerprint density at radius 3 is 2.82 bits per heavy atom. The van der Waals surface area contributed by atoms with Gasteiger partial charge in [-0.25, -0.2) is 4.98 Å². The largest absolute Gasteiger partial charge is 0.374 e. The van der Waals surface area contributed by atoms with Gasteiger partial charge in [-0.05, 0) is 25.0 Å². The topological polar surface area (TPSA) is 71.3 Å². The number of anilines is 2. The molecule has 2 aromatic rings. The number of nitrogens with zero attached hydrogens (tertiary/aromatic N) is 3. The van der Waals surface area contributed by atoms with Gasteiger partial charge < -0.3 is 10.2 Å². The minimum Gasteiger partial charge on any atom is -0.374 e. The van der Waals surface area contributed by atoms with Gasteiger partial charge in [0, 0.05) is 35.9 Å². The van der Waals surface area contributed by atoms with Gasteiger partial charge in [-0.2, -0.15) is 0 Å². The lowest BCUT2D eigenvalue weighted by Gasteiger charge is -2.18. The molecule has 8 heteroatoms. The Kier molecular flexibility index (Phi) is 4.44. The van der Waals surface area contributed by atoms with Crippen molar-refractivity contribution in [1.29, 1.82) is 0 Å². The van der Waals surface area contributed by atoms with E-state index in [1.54, 1.807) is 12.3 Å². The summed E-state index contributed by atoms with van der Waals surface area (Å²) in [5, 5.41) is 14.3. The Bertz CT molecular complexity index is 685. The molecule has 1 aliphatic rings. The zero-order valence-corrected chi connectivity index (χ0v) is 13.4. The molecule has 22 heavy (non-hydrogen) atoms.